The van der Waals surface area contributed by atoms with E-state index in [9.17, 15) is 18.4 Å². The van der Waals surface area contributed by atoms with Crippen molar-refractivity contribution in [2.24, 2.45) is 11.8 Å². The smallest absolute Gasteiger partial charge is 0.313 e. The molecule has 0 spiro atoms. The van der Waals surface area contributed by atoms with Gasteiger partial charge >= 0.3 is 11.9 Å². The predicted molar refractivity (Wildman–Crippen MR) is 27.2 cm³/mol. The number of carbonyl (C=O) groups is 2. The molecule has 11 heavy (non-hydrogen) atoms. The first-order chi connectivity index (χ1) is 4.89. The van der Waals surface area contributed by atoms with Gasteiger partial charge < -0.3 is 10.2 Å². The third-order valence-corrected chi connectivity index (χ3v) is 1.59. The summed E-state index contributed by atoms with van der Waals surface area (Å²) >= 11 is 0. The molecule has 0 amide bonds. The van der Waals surface area contributed by atoms with E-state index >= 15 is 0 Å². The molecule has 0 saturated heterocycles. The van der Waals surface area contributed by atoms with Crippen molar-refractivity contribution in [3.63, 3.8) is 0 Å². The zero-order valence-corrected chi connectivity index (χ0v) is 5.12. The lowest BCUT2D eigenvalue weighted by Gasteiger charge is -1.86. The maximum atomic E-state index is 12.2. The summed E-state index contributed by atoms with van der Waals surface area (Å²) in [5.74, 6) is -11.2. The Bertz CT molecular complexity index is 203. The van der Waals surface area contributed by atoms with Gasteiger partial charge in [0, 0.05) is 0 Å². The molecule has 0 aromatic heterocycles. The van der Waals surface area contributed by atoms with Gasteiger partial charge in [0.05, 0.1) is 0 Å². The molecule has 2 unspecified atom stereocenters. The van der Waals surface area contributed by atoms with Crippen LogP contribution >= 0.6 is 0 Å². The van der Waals surface area contributed by atoms with Gasteiger partial charge in [-0.15, -0.1) is 0 Å². The van der Waals surface area contributed by atoms with Gasteiger partial charge in [-0.2, -0.15) is 0 Å². The molecule has 1 rings (SSSR count). The quantitative estimate of drug-likeness (QED) is 0.607. The summed E-state index contributed by atoms with van der Waals surface area (Å²) < 4.78 is 24.4. The summed E-state index contributed by atoms with van der Waals surface area (Å²) in [5, 5.41) is 16.1. The van der Waals surface area contributed by atoms with Gasteiger partial charge in [0.25, 0.3) is 5.92 Å². The Morgan fingerprint density at radius 2 is 1.36 bits per heavy atom. The molecule has 1 fully saturated rings. The van der Waals surface area contributed by atoms with Gasteiger partial charge in [-0.25, -0.2) is 8.78 Å². The van der Waals surface area contributed by atoms with Crippen molar-refractivity contribution < 1.29 is 28.6 Å². The van der Waals surface area contributed by atoms with Crippen molar-refractivity contribution in [2.45, 2.75) is 5.92 Å². The Morgan fingerprint density at radius 1 is 1.09 bits per heavy atom. The number of aliphatic carboxylic acids is 2. The zero-order chi connectivity index (χ0) is 8.81. The first-order valence-corrected chi connectivity index (χ1v) is 2.72. The van der Waals surface area contributed by atoms with E-state index in [1.165, 1.54) is 0 Å². The normalized spacial score (nSPS) is 32.9. The molecule has 0 aromatic carbocycles. The summed E-state index contributed by atoms with van der Waals surface area (Å²) in [5.41, 5.74) is 0. The van der Waals surface area contributed by atoms with Gasteiger partial charge in [-0.05, 0) is 0 Å². The highest BCUT2D eigenvalue weighted by molar-refractivity contribution is 5.88. The third-order valence-electron chi connectivity index (χ3n) is 1.59. The summed E-state index contributed by atoms with van der Waals surface area (Å²) in [6, 6.07) is 0. The van der Waals surface area contributed by atoms with E-state index < -0.39 is 29.7 Å². The van der Waals surface area contributed by atoms with Crippen molar-refractivity contribution in [3.8, 4) is 0 Å². The number of halogens is 2. The van der Waals surface area contributed by atoms with E-state index in [1.807, 2.05) is 0 Å². The molecule has 6 heteroatoms. The van der Waals surface area contributed by atoms with Crippen LogP contribution in [0.3, 0.4) is 0 Å². The molecule has 1 saturated carbocycles. The van der Waals surface area contributed by atoms with Gasteiger partial charge in [-0.1, -0.05) is 0 Å². The van der Waals surface area contributed by atoms with Gasteiger partial charge in [-0.3, -0.25) is 9.59 Å². The molecule has 0 heterocycles. The van der Waals surface area contributed by atoms with Crippen molar-refractivity contribution >= 4 is 11.9 Å². The van der Waals surface area contributed by atoms with Crippen LogP contribution in [-0.4, -0.2) is 28.1 Å². The lowest BCUT2D eigenvalue weighted by atomic mass is 10.3. The average Bonchev–Trinajstić information content (AvgIpc) is 2.33. The number of hydrogen-bond donors (Lipinski definition) is 2. The lowest BCUT2D eigenvalue weighted by Crippen LogP contribution is -2.05. The zero-order valence-electron chi connectivity index (χ0n) is 5.12. The maximum absolute atomic E-state index is 12.2. The SMILES string of the molecule is O=C(O)C1C(C(=O)O)C1(F)F. The minimum atomic E-state index is -3.57. The van der Waals surface area contributed by atoms with E-state index in [0.29, 0.717) is 0 Å². The van der Waals surface area contributed by atoms with Gasteiger partial charge in [0.15, 0.2) is 0 Å². The Balaban J connectivity index is 2.76. The molecule has 0 aliphatic heterocycles. The molecule has 4 nitrogen and oxygen atoms in total. The highest BCUT2D eigenvalue weighted by Gasteiger charge is 2.76. The highest BCUT2D eigenvalue weighted by Crippen LogP contribution is 2.55. The van der Waals surface area contributed by atoms with Gasteiger partial charge in [0.1, 0.15) is 11.8 Å². The van der Waals surface area contributed by atoms with Crippen LogP contribution < -0.4 is 0 Å². The summed E-state index contributed by atoms with van der Waals surface area (Å²) in [4.78, 5) is 19.9. The molecule has 62 valence electrons. The van der Waals surface area contributed by atoms with Crippen LogP contribution in [0.1, 0.15) is 0 Å². The fourth-order valence-corrected chi connectivity index (χ4v) is 0.941. The molecular formula is C5H4F2O4. The first kappa shape index (κ1) is 7.90. The molecule has 1 aliphatic carbocycles. The summed E-state index contributed by atoms with van der Waals surface area (Å²) in [6.07, 6.45) is 0. The summed E-state index contributed by atoms with van der Waals surface area (Å²) in [7, 11) is 0. The van der Waals surface area contributed by atoms with Crippen LogP contribution in [0.4, 0.5) is 8.78 Å². The minimum Gasteiger partial charge on any atom is -0.481 e. The Morgan fingerprint density at radius 3 is 1.45 bits per heavy atom. The topological polar surface area (TPSA) is 74.6 Å². The van der Waals surface area contributed by atoms with Crippen molar-refractivity contribution in [2.75, 3.05) is 0 Å². The Hall–Kier alpha value is -1.20. The van der Waals surface area contributed by atoms with E-state index in [2.05, 4.69) is 0 Å². The number of rotatable bonds is 2. The molecule has 0 bridgehead atoms. The molecule has 0 aromatic rings. The third kappa shape index (κ3) is 0.941. The fraction of sp³-hybridized carbons (Fsp3) is 0.600. The Kier molecular flexibility index (Phi) is 1.36. The highest BCUT2D eigenvalue weighted by atomic mass is 19.3. The fourth-order valence-electron chi connectivity index (χ4n) is 0.941. The first-order valence-electron chi connectivity index (χ1n) is 2.72. The lowest BCUT2D eigenvalue weighted by molar-refractivity contribution is -0.144. The average molecular weight is 166 g/mol. The van der Waals surface area contributed by atoms with Crippen molar-refractivity contribution in [1.29, 1.82) is 0 Å². The predicted octanol–water partition coefficient (Wildman–Crippen LogP) is 0.0369. The second kappa shape index (κ2) is 1.90. The molecule has 0 radical (unpaired) electrons. The van der Waals surface area contributed by atoms with Crippen LogP contribution in [-0.2, 0) is 9.59 Å². The number of carboxylic acid groups (broad SMARTS) is 2. The van der Waals surface area contributed by atoms with Gasteiger partial charge in [0.2, 0.25) is 0 Å². The van der Waals surface area contributed by atoms with E-state index in [1.54, 1.807) is 0 Å². The van der Waals surface area contributed by atoms with Crippen LogP contribution in [0.2, 0.25) is 0 Å². The van der Waals surface area contributed by atoms with Crippen LogP contribution in [0.15, 0.2) is 0 Å². The van der Waals surface area contributed by atoms with Crippen molar-refractivity contribution in [1.82, 2.24) is 0 Å². The van der Waals surface area contributed by atoms with Crippen LogP contribution in [0, 0.1) is 11.8 Å². The monoisotopic (exact) mass is 166 g/mol. The second-order valence-electron chi connectivity index (χ2n) is 2.31. The molecule has 2 N–H and O–H groups in total. The molecule has 1 aliphatic rings. The van der Waals surface area contributed by atoms with Crippen LogP contribution in [0.5, 0.6) is 0 Å². The largest absolute Gasteiger partial charge is 0.481 e. The maximum Gasteiger partial charge on any atom is 0.313 e. The second-order valence-corrected chi connectivity index (χ2v) is 2.31. The number of hydrogen-bond acceptors (Lipinski definition) is 2. The number of alkyl halides is 2. The number of carboxylic acids is 2. The summed E-state index contributed by atoms with van der Waals surface area (Å²) in [6.45, 7) is 0. The van der Waals surface area contributed by atoms with E-state index in [-0.39, 0.29) is 0 Å². The molecular weight excluding hydrogens is 162 g/mol. The van der Waals surface area contributed by atoms with Crippen molar-refractivity contribution in [3.05, 3.63) is 0 Å². The minimum absolute atomic E-state index is 1.76. The van der Waals surface area contributed by atoms with E-state index in [4.69, 9.17) is 10.2 Å². The Labute approximate surface area is 59.4 Å². The molecule has 2 atom stereocenters. The standard InChI is InChI=1S/C5H4F2O4/c6-5(7)1(3(8)9)2(5)4(10)11/h1-2H,(H,8,9)(H,10,11). The van der Waals surface area contributed by atoms with Crippen LogP contribution in [0.25, 0.3) is 0 Å². The van der Waals surface area contributed by atoms with E-state index in [0.717, 1.165) is 0 Å².